The van der Waals surface area contributed by atoms with Crippen molar-refractivity contribution in [3.8, 4) is 0 Å². The van der Waals surface area contributed by atoms with Crippen molar-refractivity contribution in [1.29, 1.82) is 0 Å². The molecule has 1 nitrogen and oxygen atoms in total. The van der Waals surface area contributed by atoms with Crippen LogP contribution in [0.15, 0.2) is 0 Å². The lowest BCUT2D eigenvalue weighted by atomic mass is 9.50. The molecular formula is C15H26O. The molecule has 92 valence electrons. The molecule has 3 fully saturated rings. The van der Waals surface area contributed by atoms with E-state index < -0.39 is 5.60 Å². The fraction of sp³-hybridized carbons (Fsp3) is 1.00. The molecule has 5 atom stereocenters. The number of hydrogen-bond donors (Lipinski definition) is 1. The van der Waals surface area contributed by atoms with Gasteiger partial charge in [0.25, 0.3) is 0 Å². The van der Waals surface area contributed by atoms with Crippen molar-refractivity contribution in [3.63, 3.8) is 0 Å². The molecule has 0 heterocycles. The van der Waals surface area contributed by atoms with E-state index in [0.29, 0.717) is 11.3 Å². The van der Waals surface area contributed by atoms with E-state index >= 15 is 0 Å². The molecule has 3 saturated carbocycles. The van der Waals surface area contributed by atoms with E-state index in [2.05, 4.69) is 27.7 Å². The Hall–Kier alpha value is -0.0400. The predicted octanol–water partition coefficient (Wildman–Crippen LogP) is 3.61. The van der Waals surface area contributed by atoms with Crippen molar-refractivity contribution in [2.75, 3.05) is 0 Å². The van der Waals surface area contributed by atoms with Crippen LogP contribution in [0.3, 0.4) is 0 Å². The number of hydrogen-bond acceptors (Lipinski definition) is 1. The number of aliphatic hydroxyl groups is 1. The van der Waals surface area contributed by atoms with Gasteiger partial charge >= 0.3 is 0 Å². The Morgan fingerprint density at radius 2 is 1.75 bits per heavy atom. The summed E-state index contributed by atoms with van der Waals surface area (Å²) < 4.78 is 0. The van der Waals surface area contributed by atoms with Crippen molar-refractivity contribution in [2.24, 2.45) is 28.6 Å². The Balaban J connectivity index is 2.10. The summed E-state index contributed by atoms with van der Waals surface area (Å²) in [6.45, 7) is 9.21. The van der Waals surface area contributed by atoms with E-state index in [1.165, 1.54) is 32.1 Å². The van der Waals surface area contributed by atoms with Crippen molar-refractivity contribution in [3.05, 3.63) is 0 Å². The van der Waals surface area contributed by atoms with E-state index in [9.17, 15) is 5.11 Å². The van der Waals surface area contributed by atoms with Crippen LogP contribution in [-0.4, -0.2) is 10.7 Å². The van der Waals surface area contributed by atoms with Crippen LogP contribution >= 0.6 is 0 Å². The maximum Gasteiger partial charge on any atom is 0.0701 e. The van der Waals surface area contributed by atoms with Gasteiger partial charge in [-0.05, 0) is 67.6 Å². The third kappa shape index (κ3) is 0.978. The van der Waals surface area contributed by atoms with E-state index in [0.717, 1.165) is 11.8 Å². The first-order chi connectivity index (χ1) is 7.32. The van der Waals surface area contributed by atoms with Gasteiger partial charge < -0.3 is 5.11 Å². The summed E-state index contributed by atoms with van der Waals surface area (Å²) in [4.78, 5) is 0. The minimum absolute atomic E-state index is 0.108. The van der Waals surface area contributed by atoms with Crippen molar-refractivity contribution < 1.29 is 5.11 Å². The normalized spacial score (nSPS) is 58.7. The highest BCUT2D eigenvalue weighted by atomic mass is 16.3. The summed E-state index contributed by atoms with van der Waals surface area (Å²) >= 11 is 0. The average Bonchev–Trinajstić information content (AvgIpc) is 2.73. The summed E-state index contributed by atoms with van der Waals surface area (Å²) in [5, 5.41) is 10.9. The van der Waals surface area contributed by atoms with Gasteiger partial charge in [-0.2, -0.15) is 0 Å². The van der Waals surface area contributed by atoms with Gasteiger partial charge in [-0.1, -0.05) is 20.8 Å². The molecule has 2 bridgehead atoms. The topological polar surface area (TPSA) is 20.2 Å². The summed E-state index contributed by atoms with van der Waals surface area (Å²) in [5.74, 6) is 2.20. The zero-order valence-corrected chi connectivity index (χ0v) is 11.2. The standard InChI is InChI=1S/C15H26O/c1-10-5-6-12-13(2,3)14(4,16)11-7-8-15(10,12)9-11/h10-12,16H,5-9H2,1-4H3/t10-,11+,12+,14-,15-/m0/s1. The first-order valence-electron chi connectivity index (χ1n) is 7.05. The summed E-state index contributed by atoms with van der Waals surface area (Å²) in [6, 6.07) is 0. The lowest BCUT2D eigenvalue weighted by molar-refractivity contribution is -0.171. The Kier molecular flexibility index (Phi) is 1.98. The molecule has 0 radical (unpaired) electrons. The molecule has 0 aliphatic heterocycles. The second kappa shape index (κ2) is 2.85. The van der Waals surface area contributed by atoms with Gasteiger partial charge in [0.05, 0.1) is 5.60 Å². The molecule has 0 unspecified atom stereocenters. The minimum Gasteiger partial charge on any atom is -0.389 e. The Bertz CT molecular complexity index is 317. The first kappa shape index (κ1) is 11.1. The van der Waals surface area contributed by atoms with Crippen molar-refractivity contribution in [2.45, 2.75) is 65.4 Å². The second-order valence-electron chi connectivity index (χ2n) is 7.57. The molecule has 0 saturated heterocycles. The van der Waals surface area contributed by atoms with Crippen molar-refractivity contribution >= 4 is 0 Å². The summed E-state index contributed by atoms with van der Waals surface area (Å²) in [5.41, 5.74) is 0.259. The molecule has 0 aromatic carbocycles. The molecule has 0 aromatic heterocycles. The molecule has 16 heavy (non-hydrogen) atoms. The summed E-state index contributed by atoms with van der Waals surface area (Å²) in [6.07, 6.45) is 6.67. The Morgan fingerprint density at radius 3 is 2.44 bits per heavy atom. The molecule has 1 N–H and O–H groups in total. The van der Waals surface area contributed by atoms with E-state index in [4.69, 9.17) is 0 Å². The predicted molar refractivity (Wildman–Crippen MR) is 66.1 cm³/mol. The highest BCUT2D eigenvalue weighted by Crippen LogP contribution is 2.71. The molecular weight excluding hydrogens is 196 g/mol. The fourth-order valence-electron chi connectivity index (χ4n) is 5.64. The molecule has 1 spiro atoms. The average molecular weight is 222 g/mol. The minimum atomic E-state index is -0.443. The van der Waals surface area contributed by atoms with Crippen LogP contribution in [0.2, 0.25) is 0 Å². The summed E-state index contributed by atoms with van der Waals surface area (Å²) in [7, 11) is 0. The highest BCUT2D eigenvalue weighted by Gasteiger charge is 2.67. The second-order valence-corrected chi connectivity index (χ2v) is 7.57. The van der Waals surface area contributed by atoms with Crippen LogP contribution in [0.1, 0.15) is 59.8 Å². The fourth-order valence-corrected chi connectivity index (χ4v) is 5.64. The lowest BCUT2D eigenvalue weighted by Crippen LogP contribution is -2.57. The third-order valence-corrected chi connectivity index (χ3v) is 7.12. The SMILES string of the molecule is C[C@H]1CC[C@@H]2C(C)(C)[C@@](C)(O)[C@@H]3CC[C@@]21C3. The third-order valence-electron chi connectivity index (χ3n) is 7.12. The molecule has 0 aromatic rings. The Morgan fingerprint density at radius 1 is 1.06 bits per heavy atom. The molecule has 1 heteroatoms. The molecule has 3 rings (SSSR count). The Labute approximate surface area is 99.6 Å². The monoisotopic (exact) mass is 222 g/mol. The van der Waals surface area contributed by atoms with Crippen LogP contribution in [0.5, 0.6) is 0 Å². The van der Waals surface area contributed by atoms with Crippen molar-refractivity contribution in [1.82, 2.24) is 0 Å². The van der Waals surface area contributed by atoms with Gasteiger partial charge in [-0.15, -0.1) is 0 Å². The molecule has 3 aliphatic carbocycles. The smallest absolute Gasteiger partial charge is 0.0701 e. The van der Waals surface area contributed by atoms with E-state index in [-0.39, 0.29) is 5.41 Å². The van der Waals surface area contributed by atoms with Gasteiger partial charge in [0.2, 0.25) is 0 Å². The quantitative estimate of drug-likeness (QED) is 0.664. The van der Waals surface area contributed by atoms with Gasteiger partial charge in [0.15, 0.2) is 0 Å². The van der Waals surface area contributed by atoms with Crippen LogP contribution < -0.4 is 0 Å². The van der Waals surface area contributed by atoms with E-state index in [1.807, 2.05) is 0 Å². The maximum absolute atomic E-state index is 10.9. The van der Waals surface area contributed by atoms with E-state index in [1.54, 1.807) is 0 Å². The molecule has 0 amide bonds. The zero-order chi connectivity index (χ0) is 11.8. The first-order valence-corrected chi connectivity index (χ1v) is 7.05. The van der Waals surface area contributed by atoms with Crippen LogP contribution in [-0.2, 0) is 0 Å². The molecule has 3 aliphatic rings. The van der Waals surface area contributed by atoms with Gasteiger partial charge in [-0.3, -0.25) is 0 Å². The largest absolute Gasteiger partial charge is 0.389 e. The maximum atomic E-state index is 10.9. The number of rotatable bonds is 0. The van der Waals surface area contributed by atoms with Crippen LogP contribution in [0, 0.1) is 28.6 Å². The van der Waals surface area contributed by atoms with Crippen LogP contribution in [0.4, 0.5) is 0 Å². The van der Waals surface area contributed by atoms with Crippen LogP contribution in [0.25, 0.3) is 0 Å². The highest BCUT2D eigenvalue weighted by molar-refractivity contribution is 5.17. The lowest BCUT2D eigenvalue weighted by Gasteiger charge is -2.57. The van der Waals surface area contributed by atoms with Gasteiger partial charge in [0, 0.05) is 0 Å². The number of fused-ring (bicyclic) bond motifs is 1. The van der Waals surface area contributed by atoms with Gasteiger partial charge in [0.1, 0.15) is 0 Å². The van der Waals surface area contributed by atoms with Gasteiger partial charge in [-0.25, -0.2) is 0 Å². The zero-order valence-electron chi connectivity index (χ0n) is 11.2.